The summed E-state index contributed by atoms with van der Waals surface area (Å²) in [6.07, 6.45) is 2.30. The Morgan fingerprint density at radius 3 is 1.88 bits per heavy atom. The Balaban J connectivity index is 2.04. The monoisotopic (exact) mass is 571 g/mol. The Kier molecular flexibility index (Phi) is 6.96. The van der Waals surface area contributed by atoms with E-state index < -0.39 is 19.4 Å². The van der Waals surface area contributed by atoms with Crippen LogP contribution in [0.3, 0.4) is 0 Å². The second kappa shape index (κ2) is 9.10. The SMILES string of the molecule is Cc1ccc(C2=Cc3c(cc(C)c(C)c3-c3cc(C(C)(C)C)cc(C(C)(C)C)c3)[CH]2[Zr]([Cl])[Cl])o1. The number of hydrogen-bond acceptors (Lipinski definition) is 1. The molecule has 1 heterocycles. The van der Waals surface area contributed by atoms with Crippen molar-refractivity contribution in [3.8, 4) is 11.1 Å². The van der Waals surface area contributed by atoms with Crippen molar-refractivity contribution < 1.29 is 23.8 Å². The van der Waals surface area contributed by atoms with E-state index in [1.807, 2.05) is 13.0 Å². The van der Waals surface area contributed by atoms with Crippen LogP contribution < -0.4 is 0 Å². The van der Waals surface area contributed by atoms with Crippen LogP contribution in [0.25, 0.3) is 22.8 Å². The molecule has 0 bridgehead atoms. The first-order valence-electron chi connectivity index (χ1n) is 11.9. The second-order valence-electron chi connectivity index (χ2n) is 11.7. The van der Waals surface area contributed by atoms with E-state index >= 15 is 0 Å². The molecule has 0 saturated heterocycles. The minimum absolute atomic E-state index is 0.0549. The van der Waals surface area contributed by atoms with Gasteiger partial charge >= 0.3 is 222 Å². The Morgan fingerprint density at radius 1 is 0.824 bits per heavy atom. The standard InChI is InChI=1S/C30H35O.2ClH.Zr/c1-18-12-21-13-22(27-11-10-19(2)31-27)16-26(21)28(20(18)3)23-14-24(29(4,5)6)17-25(15-23)30(7,8)9;;;/h10-17H,1-9H3;2*1H;/q;;;+2/p-2. The van der Waals surface area contributed by atoms with Crippen molar-refractivity contribution in [1.29, 1.82) is 0 Å². The second-order valence-corrected chi connectivity index (χ2v) is 20.5. The fraction of sp³-hybridized carbons (Fsp3) is 0.400. The quantitative estimate of drug-likeness (QED) is 0.304. The maximum atomic E-state index is 6.80. The Morgan fingerprint density at radius 2 is 1.41 bits per heavy atom. The summed E-state index contributed by atoms with van der Waals surface area (Å²) >= 11 is -2.72. The van der Waals surface area contributed by atoms with Crippen LogP contribution in [0.4, 0.5) is 0 Å². The molecule has 2 aromatic carbocycles. The molecule has 0 fully saturated rings. The zero-order valence-electron chi connectivity index (χ0n) is 21.8. The first-order valence-corrected chi connectivity index (χ1v) is 19.7. The van der Waals surface area contributed by atoms with Gasteiger partial charge in [-0.05, 0) is 0 Å². The molecule has 4 heteroatoms. The minimum atomic E-state index is -2.72. The van der Waals surface area contributed by atoms with Crippen LogP contribution in [0.5, 0.6) is 0 Å². The van der Waals surface area contributed by atoms with Gasteiger partial charge in [-0.1, -0.05) is 0 Å². The Hall–Kier alpha value is -1.08. The molecule has 0 N–H and O–H groups in total. The van der Waals surface area contributed by atoms with Gasteiger partial charge < -0.3 is 0 Å². The molecule has 3 aromatic rings. The van der Waals surface area contributed by atoms with Gasteiger partial charge in [-0.2, -0.15) is 0 Å². The van der Waals surface area contributed by atoms with Crippen LogP contribution in [-0.4, -0.2) is 0 Å². The number of fused-ring (bicyclic) bond motifs is 1. The molecule has 1 aliphatic carbocycles. The molecule has 1 aliphatic rings. The van der Waals surface area contributed by atoms with E-state index in [1.54, 1.807) is 0 Å². The number of furan rings is 1. The van der Waals surface area contributed by atoms with Gasteiger partial charge in [0.1, 0.15) is 0 Å². The van der Waals surface area contributed by atoms with E-state index in [2.05, 4.69) is 91.8 Å². The number of rotatable bonds is 3. The number of aryl methyl sites for hydroxylation is 2. The zero-order valence-corrected chi connectivity index (χ0v) is 25.8. The van der Waals surface area contributed by atoms with Crippen molar-refractivity contribution in [2.75, 3.05) is 0 Å². The predicted octanol–water partition coefficient (Wildman–Crippen LogP) is 9.99. The Bertz CT molecular complexity index is 1250. The van der Waals surface area contributed by atoms with Crippen molar-refractivity contribution in [1.82, 2.24) is 0 Å². The van der Waals surface area contributed by atoms with Gasteiger partial charge in [0.25, 0.3) is 0 Å². The summed E-state index contributed by atoms with van der Waals surface area (Å²) in [5.74, 6) is 1.79. The van der Waals surface area contributed by atoms with Crippen molar-refractivity contribution in [3.05, 3.63) is 81.3 Å². The van der Waals surface area contributed by atoms with E-state index in [9.17, 15) is 0 Å². The molecule has 1 unspecified atom stereocenters. The summed E-state index contributed by atoms with van der Waals surface area (Å²) in [5, 5.41) is 0. The van der Waals surface area contributed by atoms with Gasteiger partial charge in [-0.25, -0.2) is 0 Å². The third-order valence-corrected chi connectivity index (χ3v) is 12.2. The molecule has 0 radical (unpaired) electrons. The van der Waals surface area contributed by atoms with Crippen molar-refractivity contribution in [2.24, 2.45) is 0 Å². The molecule has 179 valence electrons. The molecule has 0 spiro atoms. The van der Waals surface area contributed by atoms with Crippen LogP contribution in [0, 0.1) is 20.8 Å². The van der Waals surface area contributed by atoms with Crippen LogP contribution in [0.15, 0.2) is 40.8 Å². The maximum absolute atomic E-state index is 6.80. The summed E-state index contributed by atoms with van der Waals surface area (Å²) in [4.78, 5) is 0. The summed E-state index contributed by atoms with van der Waals surface area (Å²) in [5.41, 5.74) is 11.6. The topological polar surface area (TPSA) is 13.1 Å². The Labute approximate surface area is 220 Å². The number of allylic oxidation sites excluding steroid dienone is 1. The van der Waals surface area contributed by atoms with E-state index in [0.717, 1.165) is 17.1 Å². The molecule has 4 rings (SSSR count). The van der Waals surface area contributed by atoms with E-state index in [1.165, 1.54) is 44.5 Å². The molecule has 1 aromatic heterocycles. The first kappa shape index (κ1) is 26.0. The molecule has 0 amide bonds. The first-order chi connectivity index (χ1) is 15.7. The van der Waals surface area contributed by atoms with Gasteiger partial charge in [-0.3, -0.25) is 0 Å². The summed E-state index contributed by atoms with van der Waals surface area (Å²) in [6.45, 7) is 20.2. The van der Waals surface area contributed by atoms with Crippen LogP contribution in [-0.2, 0) is 30.2 Å². The van der Waals surface area contributed by atoms with Gasteiger partial charge in [0.05, 0.1) is 0 Å². The summed E-state index contributed by atoms with van der Waals surface area (Å²) in [6, 6.07) is 13.5. The van der Waals surface area contributed by atoms with E-state index in [0.29, 0.717) is 0 Å². The van der Waals surface area contributed by atoms with Crippen molar-refractivity contribution in [2.45, 2.75) is 76.8 Å². The molecule has 0 saturated carbocycles. The fourth-order valence-corrected chi connectivity index (χ4v) is 9.89. The van der Waals surface area contributed by atoms with Crippen molar-refractivity contribution >= 4 is 28.7 Å². The number of benzene rings is 2. The van der Waals surface area contributed by atoms with Crippen LogP contribution in [0.1, 0.15) is 90.1 Å². The van der Waals surface area contributed by atoms with E-state index in [-0.39, 0.29) is 14.5 Å². The number of halogens is 2. The average molecular weight is 574 g/mol. The summed E-state index contributed by atoms with van der Waals surface area (Å²) < 4.78 is 6.13. The van der Waals surface area contributed by atoms with Gasteiger partial charge in [-0.15, -0.1) is 0 Å². The molecule has 34 heavy (non-hydrogen) atoms. The van der Waals surface area contributed by atoms with Gasteiger partial charge in [0.15, 0.2) is 0 Å². The summed E-state index contributed by atoms with van der Waals surface area (Å²) in [7, 11) is 13.6. The zero-order chi connectivity index (χ0) is 25.2. The normalized spacial score (nSPS) is 16.0. The molecular formula is C30H35Cl2OZr. The van der Waals surface area contributed by atoms with Gasteiger partial charge in [0.2, 0.25) is 0 Å². The third-order valence-electron chi connectivity index (χ3n) is 7.04. The average Bonchev–Trinajstić information content (AvgIpc) is 3.30. The number of hydrogen-bond donors (Lipinski definition) is 0. The van der Waals surface area contributed by atoms with Crippen LogP contribution >= 0.6 is 17.0 Å². The molecule has 1 atom stereocenters. The molecule has 1 nitrogen and oxygen atoms in total. The van der Waals surface area contributed by atoms with E-state index in [4.69, 9.17) is 21.4 Å². The van der Waals surface area contributed by atoms with Crippen LogP contribution in [0.2, 0.25) is 0 Å². The molecule has 0 aliphatic heterocycles. The fourth-order valence-electron chi connectivity index (χ4n) is 4.81. The third kappa shape index (κ3) is 4.80. The van der Waals surface area contributed by atoms with Crippen molar-refractivity contribution in [3.63, 3.8) is 0 Å². The van der Waals surface area contributed by atoms with Gasteiger partial charge in [0, 0.05) is 0 Å². The molecular weight excluding hydrogens is 538 g/mol. The predicted molar refractivity (Wildman–Crippen MR) is 145 cm³/mol.